The Hall–Kier alpha value is -1.69. The van der Waals surface area contributed by atoms with Gasteiger partial charge in [0.05, 0.1) is 17.6 Å². The van der Waals surface area contributed by atoms with Gasteiger partial charge in [0.1, 0.15) is 0 Å². The standard InChI is InChI=1S/C13H21N3O3/c1-5-19-8-11(9(2)3)15-13-12(16(17)18)6-10(4)7-14-13/h6-7,9,11H,5,8H2,1-4H3,(H,14,15). The van der Waals surface area contributed by atoms with E-state index in [1.54, 1.807) is 13.1 Å². The van der Waals surface area contributed by atoms with Gasteiger partial charge in [-0.2, -0.15) is 0 Å². The van der Waals surface area contributed by atoms with E-state index in [0.29, 0.717) is 19.0 Å². The van der Waals surface area contributed by atoms with Crippen molar-refractivity contribution in [3.8, 4) is 0 Å². The maximum Gasteiger partial charge on any atom is 0.311 e. The molecule has 6 heteroatoms. The summed E-state index contributed by atoms with van der Waals surface area (Å²) in [6.07, 6.45) is 1.62. The molecule has 1 rings (SSSR count). The summed E-state index contributed by atoms with van der Waals surface area (Å²) in [4.78, 5) is 14.7. The van der Waals surface area contributed by atoms with Gasteiger partial charge in [0.2, 0.25) is 5.82 Å². The molecule has 0 amide bonds. The number of rotatable bonds is 7. The van der Waals surface area contributed by atoms with Crippen LogP contribution in [0.15, 0.2) is 12.3 Å². The Morgan fingerprint density at radius 2 is 2.21 bits per heavy atom. The van der Waals surface area contributed by atoms with E-state index in [1.165, 1.54) is 6.07 Å². The summed E-state index contributed by atoms with van der Waals surface area (Å²) in [7, 11) is 0. The van der Waals surface area contributed by atoms with Crippen molar-refractivity contribution in [2.75, 3.05) is 18.5 Å². The number of nitro groups is 1. The Balaban J connectivity index is 2.92. The predicted octanol–water partition coefficient (Wildman–Crippen LogP) is 2.77. The predicted molar refractivity (Wildman–Crippen MR) is 74.4 cm³/mol. The van der Waals surface area contributed by atoms with Gasteiger partial charge < -0.3 is 10.1 Å². The Labute approximate surface area is 113 Å². The summed E-state index contributed by atoms with van der Waals surface area (Å²) in [6, 6.07) is 1.52. The lowest BCUT2D eigenvalue weighted by Gasteiger charge is -2.22. The van der Waals surface area contributed by atoms with Crippen molar-refractivity contribution in [2.45, 2.75) is 33.7 Å². The van der Waals surface area contributed by atoms with E-state index in [1.807, 2.05) is 20.8 Å². The molecule has 1 aromatic heterocycles. The monoisotopic (exact) mass is 267 g/mol. The zero-order chi connectivity index (χ0) is 14.4. The smallest absolute Gasteiger partial charge is 0.311 e. The molecule has 19 heavy (non-hydrogen) atoms. The molecule has 0 fully saturated rings. The molecule has 0 saturated heterocycles. The normalized spacial score (nSPS) is 12.5. The molecular weight excluding hydrogens is 246 g/mol. The average Bonchev–Trinajstić information content (AvgIpc) is 2.35. The van der Waals surface area contributed by atoms with E-state index in [-0.39, 0.29) is 17.6 Å². The molecule has 0 radical (unpaired) electrons. The van der Waals surface area contributed by atoms with Gasteiger partial charge >= 0.3 is 5.69 Å². The van der Waals surface area contributed by atoms with Gasteiger partial charge in [-0.15, -0.1) is 0 Å². The minimum absolute atomic E-state index is 0.00199. The second kappa shape index (κ2) is 7.04. The number of aromatic nitrogens is 1. The second-order valence-electron chi connectivity index (χ2n) is 4.79. The van der Waals surface area contributed by atoms with Gasteiger partial charge in [-0.1, -0.05) is 13.8 Å². The molecule has 0 aliphatic carbocycles. The van der Waals surface area contributed by atoms with E-state index in [4.69, 9.17) is 4.74 Å². The maximum atomic E-state index is 11.0. The van der Waals surface area contributed by atoms with Crippen molar-refractivity contribution >= 4 is 11.5 Å². The largest absolute Gasteiger partial charge is 0.380 e. The first-order valence-electron chi connectivity index (χ1n) is 6.41. The lowest BCUT2D eigenvalue weighted by Crippen LogP contribution is -2.31. The Morgan fingerprint density at radius 1 is 1.53 bits per heavy atom. The Morgan fingerprint density at radius 3 is 2.74 bits per heavy atom. The van der Waals surface area contributed by atoms with Crippen LogP contribution in [0.2, 0.25) is 0 Å². The minimum Gasteiger partial charge on any atom is -0.380 e. The molecule has 0 aromatic carbocycles. The van der Waals surface area contributed by atoms with Crippen molar-refractivity contribution in [2.24, 2.45) is 5.92 Å². The highest BCUT2D eigenvalue weighted by Crippen LogP contribution is 2.24. The van der Waals surface area contributed by atoms with Gasteiger partial charge in [0, 0.05) is 18.9 Å². The number of hydrogen-bond donors (Lipinski definition) is 1. The molecule has 0 spiro atoms. The first-order valence-corrected chi connectivity index (χ1v) is 6.41. The van der Waals surface area contributed by atoms with Crippen molar-refractivity contribution < 1.29 is 9.66 Å². The van der Waals surface area contributed by atoms with Gasteiger partial charge in [-0.3, -0.25) is 10.1 Å². The molecule has 106 valence electrons. The van der Waals surface area contributed by atoms with E-state index in [2.05, 4.69) is 10.3 Å². The second-order valence-corrected chi connectivity index (χ2v) is 4.79. The molecule has 1 aromatic rings. The van der Waals surface area contributed by atoms with E-state index < -0.39 is 4.92 Å². The lowest BCUT2D eigenvalue weighted by molar-refractivity contribution is -0.384. The van der Waals surface area contributed by atoms with E-state index in [0.717, 1.165) is 5.56 Å². The number of nitrogens with one attached hydrogen (secondary N) is 1. The number of hydrogen-bond acceptors (Lipinski definition) is 5. The topological polar surface area (TPSA) is 77.3 Å². The molecular formula is C13H21N3O3. The van der Waals surface area contributed by atoms with Crippen molar-refractivity contribution in [3.05, 3.63) is 27.9 Å². The molecule has 1 heterocycles. The fourth-order valence-corrected chi connectivity index (χ4v) is 1.63. The SMILES string of the molecule is CCOCC(Nc1ncc(C)cc1[N+](=O)[O-])C(C)C. The van der Waals surface area contributed by atoms with Gasteiger partial charge in [-0.05, 0) is 25.3 Å². The first-order chi connectivity index (χ1) is 8.95. The summed E-state index contributed by atoms with van der Waals surface area (Å²) in [5, 5.41) is 14.1. The molecule has 0 aliphatic heterocycles. The fourth-order valence-electron chi connectivity index (χ4n) is 1.63. The van der Waals surface area contributed by atoms with Gasteiger partial charge in [0.25, 0.3) is 0 Å². The molecule has 1 N–H and O–H groups in total. The molecule has 6 nitrogen and oxygen atoms in total. The van der Waals surface area contributed by atoms with Crippen LogP contribution in [0.4, 0.5) is 11.5 Å². The zero-order valence-corrected chi connectivity index (χ0v) is 11.8. The fraction of sp³-hybridized carbons (Fsp3) is 0.615. The maximum absolute atomic E-state index is 11.0. The Bertz CT molecular complexity index is 435. The highest BCUT2D eigenvalue weighted by Gasteiger charge is 2.20. The van der Waals surface area contributed by atoms with Crippen molar-refractivity contribution in [3.63, 3.8) is 0 Å². The number of nitrogens with zero attached hydrogens (tertiary/aromatic N) is 2. The van der Waals surface area contributed by atoms with Crippen LogP contribution in [0.5, 0.6) is 0 Å². The van der Waals surface area contributed by atoms with Crippen LogP contribution in [0, 0.1) is 23.0 Å². The van der Waals surface area contributed by atoms with Crippen LogP contribution in [-0.2, 0) is 4.74 Å². The number of aryl methyl sites for hydroxylation is 1. The summed E-state index contributed by atoms with van der Waals surface area (Å²) in [5.74, 6) is 0.586. The number of anilines is 1. The summed E-state index contributed by atoms with van der Waals surface area (Å²) < 4.78 is 5.39. The van der Waals surface area contributed by atoms with Crippen molar-refractivity contribution in [1.29, 1.82) is 0 Å². The highest BCUT2D eigenvalue weighted by molar-refractivity contribution is 5.57. The molecule has 0 bridgehead atoms. The van der Waals surface area contributed by atoms with Gasteiger partial charge in [0.15, 0.2) is 0 Å². The third-order valence-corrected chi connectivity index (χ3v) is 2.83. The molecule has 1 unspecified atom stereocenters. The summed E-state index contributed by atoms with van der Waals surface area (Å²) >= 11 is 0. The van der Waals surface area contributed by atoms with Crippen LogP contribution in [-0.4, -0.2) is 29.2 Å². The molecule has 1 atom stereocenters. The van der Waals surface area contributed by atoms with Gasteiger partial charge in [-0.25, -0.2) is 4.98 Å². The van der Waals surface area contributed by atoms with Crippen LogP contribution in [0.1, 0.15) is 26.3 Å². The molecule has 0 aliphatic rings. The highest BCUT2D eigenvalue weighted by atomic mass is 16.6. The van der Waals surface area contributed by atoms with E-state index in [9.17, 15) is 10.1 Å². The third kappa shape index (κ3) is 4.48. The van der Waals surface area contributed by atoms with Crippen molar-refractivity contribution in [1.82, 2.24) is 4.98 Å². The summed E-state index contributed by atoms with van der Waals surface area (Å²) in [5.41, 5.74) is 0.769. The number of ether oxygens (including phenoxy) is 1. The average molecular weight is 267 g/mol. The van der Waals surface area contributed by atoms with Crippen LogP contribution in [0.25, 0.3) is 0 Å². The van der Waals surface area contributed by atoms with E-state index >= 15 is 0 Å². The lowest BCUT2D eigenvalue weighted by atomic mass is 10.1. The van der Waals surface area contributed by atoms with Crippen LogP contribution >= 0.6 is 0 Å². The number of pyridine rings is 1. The zero-order valence-electron chi connectivity index (χ0n) is 11.8. The first kappa shape index (κ1) is 15.4. The molecule has 0 saturated carbocycles. The minimum atomic E-state index is -0.416. The third-order valence-electron chi connectivity index (χ3n) is 2.83. The quantitative estimate of drug-likeness (QED) is 0.607. The Kier molecular flexibility index (Phi) is 5.69. The summed E-state index contributed by atoms with van der Waals surface area (Å²) in [6.45, 7) is 8.90. The van der Waals surface area contributed by atoms with Crippen LogP contribution in [0.3, 0.4) is 0 Å². The van der Waals surface area contributed by atoms with Crippen LogP contribution < -0.4 is 5.32 Å².